The van der Waals surface area contributed by atoms with Crippen LogP contribution in [0.5, 0.6) is 0 Å². The number of ether oxygens (including phenoxy) is 1. The van der Waals surface area contributed by atoms with Crippen LogP contribution in [0, 0.1) is 13.8 Å². The summed E-state index contributed by atoms with van der Waals surface area (Å²) in [4.78, 5) is 4.50. The molecule has 0 spiro atoms. The lowest BCUT2D eigenvalue weighted by atomic mass is 10.0. The third-order valence-electron chi connectivity index (χ3n) is 4.93. The molecular weight excluding hydrogens is 386 g/mol. The van der Waals surface area contributed by atoms with E-state index < -0.39 is 10.0 Å². The third kappa shape index (κ3) is 4.93. The van der Waals surface area contributed by atoms with Gasteiger partial charge in [0.1, 0.15) is 10.7 Å². The van der Waals surface area contributed by atoms with E-state index in [1.807, 2.05) is 57.2 Å². The Morgan fingerprint density at radius 1 is 1.03 bits per heavy atom. The number of nitrogens with zero attached hydrogens (tertiary/aromatic N) is 1. The molecule has 0 aliphatic rings. The number of rotatable bonds is 8. The minimum atomic E-state index is -3.76. The standard InChI is InChI=1S/C22H27N3O3S/c1-15-9-11-18(20-8-6-5-7-19(15)20)14-24-29(26,27)21-12-10-16(2)25-22(21)23-13-17(3)28-4/h5-12,17,24H,13-14H2,1-4H3,(H,23,25). The van der Waals surface area contributed by atoms with Gasteiger partial charge in [-0.1, -0.05) is 36.4 Å². The molecule has 2 aromatic carbocycles. The van der Waals surface area contributed by atoms with Gasteiger partial charge in [-0.25, -0.2) is 18.1 Å². The number of pyridine rings is 1. The number of fused-ring (bicyclic) bond motifs is 1. The SMILES string of the molecule is COC(C)CNc1nc(C)ccc1S(=O)(=O)NCc1ccc(C)c2ccccc12. The summed E-state index contributed by atoms with van der Waals surface area (Å²) in [6.45, 7) is 6.43. The fourth-order valence-corrected chi connectivity index (χ4v) is 4.25. The molecule has 154 valence electrons. The fourth-order valence-electron chi connectivity index (χ4n) is 3.13. The Morgan fingerprint density at radius 3 is 2.48 bits per heavy atom. The zero-order chi connectivity index (χ0) is 21.0. The maximum absolute atomic E-state index is 13.0. The zero-order valence-electron chi connectivity index (χ0n) is 17.2. The van der Waals surface area contributed by atoms with E-state index in [0.29, 0.717) is 12.4 Å². The van der Waals surface area contributed by atoms with E-state index in [4.69, 9.17) is 4.74 Å². The summed E-state index contributed by atoms with van der Waals surface area (Å²) in [5, 5.41) is 5.26. The number of sulfonamides is 1. The van der Waals surface area contributed by atoms with Crippen LogP contribution in [0.3, 0.4) is 0 Å². The summed E-state index contributed by atoms with van der Waals surface area (Å²) in [6, 6.07) is 15.3. The molecule has 2 N–H and O–H groups in total. The van der Waals surface area contributed by atoms with Crippen molar-refractivity contribution in [2.24, 2.45) is 0 Å². The van der Waals surface area contributed by atoms with Gasteiger partial charge in [0, 0.05) is 25.9 Å². The van der Waals surface area contributed by atoms with Crippen molar-refractivity contribution in [2.45, 2.75) is 38.3 Å². The zero-order valence-corrected chi connectivity index (χ0v) is 18.0. The highest BCUT2D eigenvalue weighted by molar-refractivity contribution is 7.89. The molecule has 1 atom stereocenters. The highest BCUT2D eigenvalue weighted by Crippen LogP contribution is 2.24. The molecule has 3 rings (SSSR count). The van der Waals surface area contributed by atoms with Gasteiger partial charge in [-0.15, -0.1) is 0 Å². The number of nitrogens with one attached hydrogen (secondary N) is 2. The van der Waals surface area contributed by atoms with Crippen LogP contribution in [0.2, 0.25) is 0 Å². The minimum absolute atomic E-state index is 0.0697. The van der Waals surface area contributed by atoms with Crippen molar-refractivity contribution in [3.05, 3.63) is 65.4 Å². The first-order valence-corrected chi connectivity index (χ1v) is 11.0. The van der Waals surface area contributed by atoms with Crippen molar-refractivity contribution in [2.75, 3.05) is 19.0 Å². The Bertz CT molecular complexity index is 1110. The average Bonchev–Trinajstić information content (AvgIpc) is 2.71. The molecular formula is C22H27N3O3S. The second-order valence-electron chi connectivity index (χ2n) is 7.14. The summed E-state index contributed by atoms with van der Waals surface area (Å²) in [6.07, 6.45) is -0.0697. The maximum Gasteiger partial charge on any atom is 0.244 e. The van der Waals surface area contributed by atoms with Crippen LogP contribution < -0.4 is 10.0 Å². The first-order valence-electron chi connectivity index (χ1n) is 9.53. The second kappa shape index (κ2) is 8.90. The Balaban J connectivity index is 1.86. The van der Waals surface area contributed by atoms with Crippen LogP contribution in [-0.2, 0) is 21.3 Å². The molecule has 0 fully saturated rings. The quantitative estimate of drug-likeness (QED) is 0.587. The highest BCUT2D eigenvalue weighted by atomic mass is 32.2. The normalized spacial score (nSPS) is 12.8. The minimum Gasteiger partial charge on any atom is -0.380 e. The summed E-state index contributed by atoms with van der Waals surface area (Å²) >= 11 is 0. The van der Waals surface area contributed by atoms with Crippen LogP contribution in [0.25, 0.3) is 10.8 Å². The lowest BCUT2D eigenvalue weighted by Gasteiger charge is -2.16. The number of anilines is 1. The summed E-state index contributed by atoms with van der Waals surface area (Å²) in [7, 11) is -2.14. The first kappa shape index (κ1) is 21.2. The Morgan fingerprint density at radius 2 is 1.76 bits per heavy atom. The third-order valence-corrected chi connectivity index (χ3v) is 6.36. The van der Waals surface area contributed by atoms with E-state index in [1.165, 1.54) is 0 Å². The van der Waals surface area contributed by atoms with Gasteiger partial charge < -0.3 is 10.1 Å². The molecule has 1 aromatic heterocycles. The van der Waals surface area contributed by atoms with Gasteiger partial charge >= 0.3 is 0 Å². The molecule has 0 saturated carbocycles. The van der Waals surface area contributed by atoms with Crippen LogP contribution in [0.1, 0.15) is 23.7 Å². The van der Waals surface area contributed by atoms with E-state index in [0.717, 1.165) is 27.6 Å². The number of methoxy groups -OCH3 is 1. The molecule has 29 heavy (non-hydrogen) atoms. The maximum atomic E-state index is 13.0. The van der Waals surface area contributed by atoms with Gasteiger partial charge in [-0.05, 0) is 54.8 Å². The topological polar surface area (TPSA) is 80.3 Å². The number of hydrogen-bond donors (Lipinski definition) is 2. The van der Waals surface area contributed by atoms with Crippen LogP contribution in [-0.4, -0.2) is 33.2 Å². The van der Waals surface area contributed by atoms with Crippen molar-refractivity contribution < 1.29 is 13.2 Å². The van der Waals surface area contributed by atoms with Gasteiger partial charge in [0.2, 0.25) is 10.0 Å². The first-order chi connectivity index (χ1) is 13.8. The van der Waals surface area contributed by atoms with Gasteiger partial charge in [-0.2, -0.15) is 0 Å². The Labute approximate surface area is 172 Å². The molecule has 3 aromatic rings. The molecule has 6 nitrogen and oxygen atoms in total. The van der Waals surface area contributed by atoms with E-state index >= 15 is 0 Å². The lowest BCUT2D eigenvalue weighted by Crippen LogP contribution is -2.26. The Hall–Kier alpha value is -2.48. The van der Waals surface area contributed by atoms with Gasteiger partial charge in [-0.3, -0.25) is 0 Å². The molecule has 0 bridgehead atoms. The molecule has 0 aliphatic carbocycles. The predicted molar refractivity (Wildman–Crippen MR) is 117 cm³/mol. The molecule has 0 radical (unpaired) electrons. The highest BCUT2D eigenvalue weighted by Gasteiger charge is 2.20. The number of aryl methyl sites for hydroxylation is 2. The van der Waals surface area contributed by atoms with Gasteiger partial charge in [0.15, 0.2) is 0 Å². The average molecular weight is 414 g/mol. The van der Waals surface area contributed by atoms with Crippen molar-refractivity contribution in [3.8, 4) is 0 Å². The van der Waals surface area contributed by atoms with Gasteiger partial charge in [0.25, 0.3) is 0 Å². The van der Waals surface area contributed by atoms with Crippen LogP contribution in [0.4, 0.5) is 5.82 Å². The Kier molecular flexibility index (Phi) is 6.52. The predicted octanol–water partition coefficient (Wildman–Crippen LogP) is 3.78. The molecule has 7 heteroatoms. The smallest absolute Gasteiger partial charge is 0.244 e. The van der Waals surface area contributed by atoms with Crippen molar-refractivity contribution in [1.82, 2.24) is 9.71 Å². The van der Waals surface area contributed by atoms with E-state index in [-0.39, 0.29) is 17.5 Å². The van der Waals surface area contributed by atoms with E-state index in [9.17, 15) is 8.42 Å². The molecule has 0 amide bonds. The summed E-state index contributed by atoms with van der Waals surface area (Å²) < 4.78 is 34.0. The van der Waals surface area contributed by atoms with Crippen LogP contribution >= 0.6 is 0 Å². The monoisotopic (exact) mass is 413 g/mol. The molecule has 0 saturated heterocycles. The van der Waals surface area contributed by atoms with Crippen molar-refractivity contribution in [1.29, 1.82) is 0 Å². The van der Waals surface area contributed by atoms with E-state index in [1.54, 1.807) is 19.2 Å². The fraction of sp³-hybridized carbons (Fsp3) is 0.318. The van der Waals surface area contributed by atoms with Crippen LogP contribution in [0.15, 0.2) is 53.4 Å². The second-order valence-corrected chi connectivity index (χ2v) is 8.87. The molecule has 1 heterocycles. The molecule has 0 aliphatic heterocycles. The number of benzene rings is 2. The van der Waals surface area contributed by atoms with Gasteiger partial charge in [0.05, 0.1) is 6.10 Å². The van der Waals surface area contributed by atoms with E-state index in [2.05, 4.69) is 15.0 Å². The summed E-state index contributed by atoms with van der Waals surface area (Å²) in [5.41, 5.74) is 2.83. The van der Waals surface area contributed by atoms with Crippen molar-refractivity contribution >= 4 is 26.6 Å². The summed E-state index contributed by atoms with van der Waals surface area (Å²) in [5.74, 6) is 0.329. The van der Waals surface area contributed by atoms with Crippen molar-refractivity contribution in [3.63, 3.8) is 0 Å². The number of aromatic nitrogens is 1. The molecule has 1 unspecified atom stereocenters. The number of hydrogen-bond acceptors (Lipinski definition) is 5. The largest absolute Gasteiger partial charge is 0.380 e. The lowest BCUT2D eigenvalue weighted by molar-refractivity contribution is 0.128.